The molecule has 2 N–H and O–H groups in total. The number of likely N-dealkylation sites (tertiary alicyclic amines) is 1. The zero-order chi connectivity index (χ0) is 14.9. The number of halogens is 1. The molecule has 0 saturated carbocycles. The lowest BCUT2D eigenvalue weighted by molar-refractivity contribution is -0.135. The molecule has 0 bridgehead atoms. The molecular weight excluding hydrogens is 284 g/mol. The van der Waals surface area contributed by atoms with Crippen LogP contribution in [-0.2, 0) is 4.79 Å². The van der Waals surface area contributed by atoms with Crippen molar-refractivity contribution in [2.24, 2.45) is 11.1 Å². The van der Waals surface area contributed by atoms with Crippen LogP contribution in [0.25, 0.3) is 0 Å². The second kappa shape index (κ2) is 6.80. The molecule has 1 aromatic carbocycles. The monoisotopic (exact) mass is 310 g/mol. The van der Waals surface area contributed by atoms with Gasteiger partial charge in [0.1, 0.15) is 0 Å². The van der Waals surface area contributed by atoms with Crippen LogP contribution in [0.5, 0.6) is 0 Å². The van der Waals surface area contributed by atoms with Gasteiger partial charge in [0.05, 0.1) is 6.04 Å². The highest BCUT2D eigenvalue weighted by Crippen LogP contribution is 2.34. The molecule has 2 unspecified atom stereocenters. The van der Waals surface area contributed by atoms with E-state index >= 15 is 0 Å². The van der Waals surface area contributed by atoms with Gasteiger partial charge in [-0.3, -0.25) is 4.79 Å². The van der Waals surface area contributed by atoms with Crippen molar-refractivity contribution >= 4 is 18.3 Å². The highest BCUT2D eigenvalue weighted by Gasteiger charge is 2.39. The van der Waals surface area contributed by atoms with E-state index in [1.807, 2.05) is 31.7 Å². The lowest BCUT2D eigenvalue weighted by atomic mass is 9.86. The van der Waals surface area contributed by atoms with Crippen LogP contribution >= 0.6 is 12.4 Å². The summed E-state index contributed by atoms with van der Waals surface area (Å²) in [6.45, 7) is 9.00. The number of carbonyl (C=O) groups excluding carboxylic acids is 1. The molecule has 1 aromatic rings. The first kappa shape index (κ1) is 18.0. The summed E-state index contributed by atoms with van der Waals surface area (Å²) in [7, 11) is 0. The number of carbonyl (C=O) groups is 1. The number of nitrogens with two attached hydrogens (primary N) is 1. The maximum absolute atomic E-state index is 12.6. The van der Waals surface area contributed by atoms with Crippen molar-refractivity contribution in [2.45, 2.75) is 52.1 Å². The molecule has 0 aromatic heterocycles. The van der Waals surface area contributed by atoms with Gasteiger partial charge in [-0.15, -0.1) is 12.4 Å². The summed E-state index contributed by atoms with van der Waals surface area (Å²) in [6.07, 6.45) is 1.02. The Morgan fingerprint density at radius 3 is 2.38 bits per heavy atom. The fraction of sp³-hybridized carbons (Fsp3) is 0.588. The molecular formula is C17H27ClN2O. The largest absolute Gasteiger partial charge is 0.338 e. The Labute approximate surface area is 134 Å². The van der Waals surface area contributed by atoms with Crippen LogP contribution in [0.4, 0.5) is 0 Å². The molecule has 0 radical (unpaired) electrons. The molecule has 1 amide bonds. The first-order chi connectivity index (χ1) is 9.32. The van der Waals surface area contributed by atoms with E-state index < -0.39 is 6.04 Å². The van der Waals surface area contributed by atoms with Crippen molar-refractivity contribution in [3.05, 3.63) is 35.9 Å². The van der Waals surface area contributed by atoms with Crippen LogP contribution in [-0.4, -0.2) is 29.4 Å². The smallest absolute Gasteiger partial charge is 0.240 e. The van der Waals surface area contributed by atoms with Crippen LogP contribution < -0.4 is 5.73 Å². The second-order valence-electron chi connectivity index (χ2n) is 6.92. The molecule has 1 heterocycles. The van der Waals surface area contributed by atoms with E-state index in [1.54, 1.807) is 0 Å². The molecule has 4 heteroatoms. The van der Waals surface area contributed by atoms with Crippen molar-refractivity contribution in [3.8, 4) is 0 Å². The van der Waals surface area contributed by atoms with Crippen LogP contribution in [0.15, 0.2) is 30.3 Å². The van der Waals surface area contributed by atoms with Crippen molar-refractivity contribution in [3.63, 3.8) is 0 Å². The van der Waals surface area contributed by atoms with Gasteiger partial charge in [0, 0.05) is 18.5 Å². The zero-order valence-electron chi connectivity index (χ0n) is 13.4. The molecule has 1 saturated heterocycles. The quantitative estimate of drug-likeness (QED) is 0.912. The average molecular weight is 311 g/mol. The first-order valence-corrected chi connectivity index (χ1v) is 7.43. The first-order valence-electron chi connectivity index (χ1n) is 7.43. The normalized spacial score (nSPS) is 23.6. The van der Waals surface area contributed by atoms with Crippen LogP contribution in [0.3, 0.4) is 0 Å². The molecule has 21 heavy (non-hydrogen) atoms. The van der Waals surface area contributed by atoms with E-state index in [0.717, 1.165) is 13.0 Å². The van der Waals surface area contributed by atoms with E-state index in [1.165, 1.54) is 5.56 Å². The Morgan fingerprint density at radius 2 is 1.86 bits per heavy atom. The number of hydrogen-bond acceptors (Lipinski definition) is 2. The minimum Gasteiger partial charge on any atom is -0.338 e. The lowest BCUT2D eigenvalue weighted by Gasteiger charge is -2.33. The topological polar surface area (TPSA) is 46.3 Å². The highest BCUT2D eigenvalue weighted by atomic mass is 35.5. The minimum atomic E-state index is -0.431. The molecule has 0 aliphatic carbocycles. The summed E-state index contributed by atoms with van der Waals surface area (Å²) in [5.41, 5.74) is 7.26. The number of amides is 1. The Bertz CT molecular complexity index is 469. The van der Waals surface area contributed by atoms with Gasteiger partial charge in [-0.25, -0.2) is 0 Å². The van der Waals surface area contributed by atoms with Crippen molar-refractivity contribution < 1.29 is 4.79 Å². The fourth-order valence-corrected chi connectivity index (χ4v) is 2.95. The third-order valence-electron chi connectivity index (χ3n) is 4.46. The van der Waals surface area contributed by atoms with Crippen LogP contribution in [0.1, 0.15) is 45.6 Å². The van der Waals surface area contributed by atoms with E-state index in [4.69, 9.17) is 5.73 Å². The molecule has 0 spiro atoms. The fourth-order valence-electron chi connectivity index (χ4n) is 2.95. The van der Waals surface area contributed by atoms with Gasteiger partial charge in [0.15, 0.2) is 0 Å². The standard InChI is InChI=1S/C17H26N2O.ClH/c1-12-14(13-8-6-5-7-9-13)10-11-19(12)16(20)15(18)17(2,3)4;/h5-9,12,14-15H,10-11,18H2,1-4H3;1H/t12?,14?,15-;/m1./s1. The average Bonchev–Trinajstić information content (AvgIpc) is 2.79. The molecule has 118 valence electrons. The number of nitrogens with zero attached hydrogens (tertiary/aromatic N) is 1. The van der Waals surface area contributed by atoms with Gasteiger partial charge >= 0.3 is 0 Å². The molecule has 3 atom stereocenters. The van der Waals surface area contributed by atoms with Crippen LogP contribution in [0, 0.1) is 5.41 Å². The van der Waals surface area contributed by atoms with Crippen molar-refractivity contribution in [2.75, 3.05) is 6.54 Å². The molecule has 3 nitrogen and oxygen atoms in total. The highest BCUT2D eigenvalue weighted by molar-refractivity contribution is 5.85. The maximum atomic E-state index is 12.6. The van der Waals surface area contributed by atoms with E-state index in [2.05, 4.69) is 31.2 Å². The SMILES string of the molecule is CC1C(c2ccccc2)CCN1C(=O)[C@@H](N)C(C)(C)C.Cl. The Kier molecular flexibility index (Phi) is 5.83. The van der Waals surface area contributed by atoms with E-state index in [9.17, 15) is 4.79 Å². The van der Waals surface area contributed by atoms with E-state index in [-0.39, 0.29) is 29.8 Å². The second-order valence-corrected chi connectivity index (χ2v) is 6.92. The number of hydrogen-bond donors (Lipinski definition) is 1. The van der Waals surface area contributed by atoms with Crippen LogP contribution in [0.2, 0.25) is 0 Å². The van der Waals surface area contributed by atoms with E-state index in [0.29, 0.717) is 5.92 Å². The third-order valence-corrected chi connectivity index (χ3v) is 4.46. The van der Waals surface area contributed by atoms with Gasteiger partial charge in [-0.05, 0) is 24.3 Å². The summed E-state index contributed by atoms with van der Waals surface area (Å²) < 4.78 is 0. The zero-order valence-corrected chi connectivity index (χ0v) is 14.2. The van der Waals surface area contributed by atoms with Gasteiger partial charge < -0.3 is 10.6 Å². The van der Waals surface area contributed by atoms with Crippen molar-refractivity contribution in [1.82, 2.24) is 4.90 Å². The van der Waals surface area contributed by atoms with Gasteiger partial charge in [-0.1, -0.05) is 51.1 Å². The van der Waals surface area contributed by atoms with Gasteiger partial charge in [0.2, 0.25) is 5.91 Å². The number of benzene rings is 1. The summed E-state index contributed by atoms with van der Waals surface area (Å²) in [4.78, 5) is 14.5. The molecule has 1 aliphatic heterocycles. The Morgan fingerprint density at radius 1 is 1.29 bits per heavy atom. The Hall–Kier alpha value is -1.06. The molecule has 2 rings (SSSR count). The third kappa shape index (κ3) is 3.78. The van der Waals surface area contributed by atoms with Gasteiger partial charge in [-0.2, -0.15) is 0 Å². The predicted octanol–water partition coefficient (Wildman–Crippen LogP) is 3.19. The summed E-state index contributed by atoms with van der Waals surface area (Å²) in [6, 6.07) is 10.2. The lowest BCUT2D eigenvalue weighted by Crippen LogP contribution is -2.51. The summed E-state index contributed by atoms with van der Waals surface area (Å²) in [5.74, 6) is 0.510. The molecule has 1 aliphatic rings. The Balaban J connectivity index is 0.00000220. The number of rotatable bonds is 2. The summed E-state index contributed by atoms with van der Waals surface area (Å²) >= 11 is 0. The predicted molar refractivity (Wildman–Crippen MR) is 89.7 cm³/mol. The van der Waals surface area contributed by atoms with Crippen molar-refractivity contribution in [1.29, 1.82) is 0 Å². The molecule has 1 fully saturated rings. The summed E-state index contributed by atoms with van der Waals surface area (Å²) in [5, 5.41) is 0. The van der Waals surface area contributed by atoms with Gasteiger partial charge in [0.25, 0.3) is 0 Å². The maximum Gasteiger partial charge on any atom is 0.240 e. The minimum absolute atomic E-state index is 0.